The first-order valence-corrected chi connectivity index (χ1v) is 8.22. The molecule has 0 bridgehead atoms. The molecule has 0 atom stereocenters. The molecule has 0 aliphatic heterocycles. The average molecular weight is 335 g/mol. The van der Waals surface area contributed by atoms with E-state index in [4.69, 9.17) is 21.1 Å². The molecule has 1 aromatic carbocycles. The van der Waals surface area contributed by atoms with E-state index in [-0.39, 0.29) is 0 Å². The number of hydrogen-bond acceptors (Lipinski definition) is 5. The molecule has 0 fully saturated rings. The van der Waals surface area contributed by atoms with E-state index >= 15 is 0 Å². The van der Waals surface area contributed by atoms with E-state index in [1.54, 1.807) is 6.20 Å². The number of ether oxygens (including phenoxy) is 2. The van der Waals surface area contributed by atoms with Gasteiger partial charge in [-0.1, -0.05) is 11.6 Å². The van der Waals surface area contributed by atoms with E-state index in [1.807, 2.05) is 38.1 Å². The fourth-order valence-corrected chi connectivity index (χ4v) is 3.13. The molecule has 0 N–H and O–H groups in total. The Kier molecular flexibility index (Phi) is 4.45. The number of nitrogens with zero attached hydrogens (tertiary/aromatic N) is 2. The summed E-state index contributed by atoms with van der Waals surface area (Å²) in [7, 11) is 0. The van der Waals surface area contributed by atoms with Gasteiger partial charge in [0.25, 0.3) is 0 Å². The van der Waals surface area contributed by atoms with Gasteiger partial charge in [-0.05, 0) is 26.0 Å². The maximum absolute atomic E-state index is 5.98. The molecule has 0 saturated carbocycles. The van der Waals surface area contributed by atoms with Crippen molar-refractivity contribution in [3.05, 3.63) is 34.8 Å². The van der Waals surface area contributed by atoms with Gasteiger partial charge in [0.2, 0.25) is 0 Å². The minimum atomic E-state index is 0.569. The van der Waals surface area contributed by atoms with Crippen LogP contribution in [-0.4, -0.2) is 23.2 Å². The third-order valence-electron chi connectivity index (χ3n) is 3.03. The molecule has 3 rings (SSSR count). The van der Waals surface area contributed by atoms with Crippen LogP contribution in [0.25, 0.3) is 21.6 Å². The summed E-state index contributed by atoms with van der Waals surface area (Å²) in [6.45, 7) is 5.02. The molecule has 4 nitrogen and oxygen atoms in total. The number of hydrogen-bond donors (Lipinski definition) is 0. The first kappa shape index (κ1) is 15.1. The third kappa shape index (κ3) is 3.00. The lowest BCUT2D eigenvalue weighted by Crippen LogP contribution is -1.99. The lowest BCUT2D eigenvalue weighted by atomic mass is 10.2. The van der Waals surface area contributed by atoms with Crippen molar-refractivity contribution in [3.63, 3.8) is 0 Å². The number of benzene rings is 1. The van der Waals surface area contributed by atoms with E-state index < -0.39 is 0 Å². The largest absolute Gasteiger partial charge is 0.490 e. The molecule has 3 aromatic rings. The molecule has 0 spiro atoms. The van der Waals surface area contributed by atoms with E-state index in [1.165, 1.54) is 11.3 Å². The van der Waals surface area contributed by atoms with Crippen LogP contribution >= 0.6 is 22.9 Å². The third-order valence-corrected chi connectivity index (χ3v) is 4.29. The Morgan fingerprint density at radius 3 is 2.32 bits per heavy atom. The van der Waals surface area contributed by atoms with Crippen LogP contribution in [0.2, 0.25) is 4.34 Å². The lowest BCUT2D eigenvalue weighted by Gasteiger charge is -2.11. The predicted octanol–water partition coefficient (Wildman–Crippen LogP) is 4.81. The first-order chi connectivity index (χ1) is 10.7. The monoisotopic (exact) mass is 334 g/mol. The van der Waals surface area contributed by atoms with Crippen LogP contribution in [0, 0.1) is 0 Å². The van der Waals surface area contributed by atoms with Gasteiger partial charge >= 0.3 is 0 Å². The Balaban J connectivity index is 2.09. The smallest absolute Gasteiger partial charge is 0.163 e. The second kappa shape index (κ2) is 6.50. The van der Waals surface area contributed by atoms with Crippen LogP contribution in [0.3, 0.4) is 0 Å². The molecule has 0 unspecified atom stereocenters. The van der Waals surface area contributed by atoms with E-state index in [9.17, 15) is 0 Å². The first-order valence-electron chi connectivity index (χ1n) is 7.03. The van der Waals surface area contributed by atoms with Crippen LogP contribution in [0.5, 0.6) is 11.5 Å². The normalized spacial score (nSPS) is 10.9. The van der Waals surface area contributed by atoms with E-state index in [2.05, 4.69) is 9.97 Å². The molecule has 0 saturated heterocycles. The molecule has 22 heavy (non-hydrogen) atoms. The van der Waals surface area contributed by atoms with Gasteiger partial charge in [0.1, 0.15) is 0 Å². The minimum absolute atomic E-state index is 0.569. The Labute approximate surface area is 137 Å². The summed E-state index contributed by atoms with van der Waals surface area (Å²) in [5.74, 6) is 1.38. The van der Waals surface area contributed by atoms with Crippen molar-refractivity contribution in [2.24, 2.45) is 0 Å². The predicted molar refractivity (Wildman–Crippen MR) is 90.2 cm³/mol. The van der Waals surface area contributed by atoms with Crippen LogP contribution < -0.4 is 9.47 Å². The van der Waals surface area contributed by atoms with Crippen molar-refractivity contribution in [2.75, 3.05) is 13.2 Å². The van der Waals surface area contributed by atoms with Crippen LogP contribution in [0.15, 0.2) is 30.5 Å². The van der Waals surface area contributed by atoms with Crippen LogP contribution in [-0.2, 0) is 0 Å². The van der Waals surface area contributed by atoms with Gasteiger partial charge < -0.3 is 9.47 Å². The van der Waals surface area contributed by atoms with Crippen LogP contribution in [0.1, 0.15) is 13.8 Å². The zero-order chi connectivity index (χ0) is 15.5. The topological polar surface area (TPSA) is 44.2 Å². The lowest BCUT2D eigenvalue weighted by molar-refractivity contribution is 0.288. The highest BCUT2D eigenvalue weighted by Gasteiger charge is 2.11. The molecule has 114 valence electrons. The Bertz CT molecular complexity index is 804. The number of thiophene rings is 1. The molecule has 0 amide bonds. The van der Waals surface area contributed by atoms with Gasteiger partial charge in [-0.15, -0.1) is 11.3 Å². The van der Waals surface area contributed by atoms with Crippen molar-refractivity contribution < 1.29 is 9.47 Å². The Morgan fingerprint density at radius 2 is 1.73 bits per heavy atom. The molecule has 0 aliphatic carbocycles. The highest BCUT2D eigenvalue weighted by Crippen LogP contribution is 2.34. The van der Waals surface area contributed by atoms with Crippen molar-refractivity contribution in [1.29, 1.82) is 0 Å². The van der Waals surface area contributed by atoms with Gasteiger partial charge in [-0.2, -0.15) is 0 Å². The standard InChI is InChI=1S/C16H15ClN2O2S/c1-3-20-13-7-10-11(8-14(13)21-4-2)19-12(9-18-10)15-5-6-16(17)22-15/h5-9H,3-4H2,1-2H3. The highest BCUT2D eigenvalue weighted by atomic mass is 35.5. The fraction of sp³-hybridized carbons (Fsp3) is 0.250. The fourth-order valence-electron chi connectivity index (χ4n) is 2.13. The maximum Gasteiger partial charge on any atom is 0.163 e. The van der Waals surface area contributed by atoms with Crippen molar-refractivity contribution in [3.8, 4) is 22.1 Å². The van der Waals surface area contributed by atoms with E-state index in [0.717, 1.165) is 25.9 Å². The molecular weight excluding hydrogens is 320 g/mol. The molecule has 2 heterocycles. The number of rotatable bonds is 5. The summed E-state index contributed by atoms with van der Waals surface area (Å²) < 4.78 is 12.0. The zero-order valence-corrected chi connectivity index (χ0v) is 13.9. The zero-order valence-electron chi connectivity index (χ0n) is 12.3. The molecule has 0 aliphatic rings. The highest BCUT2D eigenvalue weighted by molar-refractivity contribution is 7.19. The summed E-state index contributed by atoms with van der Waals surface area (Å²) in [6, 6.07) is 7.54. The summed E-state index contributed by atoms with van der Waals surface area (Å²) in [5, 5.41) is 0. The Morgan fingerprint density at radius 1 is 1.05 bits per heavy atom. The van der Waals surface area contributed by atoms with Crippen molar-refractivity contribution in [2.45, 2.75) is 13.8 Å². The number of fused-ring (bicyclic) bond motifs is 1. The second-order valence-corrected chi connectivity index (χ2v) is 6.23. The van der Waals surface area contributed by atoms with Crippen LogP contribution in [0.4, 0.5) is 0 Å². The molecule has 0 radical (unpaired) electrons. The quantitative estimate of drug-likeness (QED) is 0.671. The summed E-state index contributed by atoms with van der Waals surface area (Å²) in [5.41, 5.74) is 2.35. The summed E-state index contributed by atoms with van der Waals surface area (Å²) in [4.78, 5) is 10.1. The number of halogens is 1. The molecule has 2 aromatic heterocycles. The van der Waals surface area contributed by atoms with Gasteiger partial charge in [0.15, 0.2) is 11.5 Å². The molecule has 6 heteroatoms. The minimum Gasteiger partial charge on any atom is -0.490 e. The number of aromatic nitrogens is 2. The van der Waals surface area contributed by atoms with Gasteiger partial charge in [0.05, 0.1) is 45.4 Å². The second-order valence-electron chi connectivity index (χ2n) is 4.51. The Hall–Kier alpha value is -1.85. The summed E-state index contributed by atoms with van der Waals surface area (Å²) in [6.07, 6.45) is 1.75. The van der Waals surface area contributed by atoms with E-state index in [0.29, 0.717) is 24.7 Å². The van der Waals surface area contributed by atoms with Gasteiger partial charge in [0, 0.05) is 12.1 Å². The van der Waals surface area contributed by atoms with Crippen molar-refractivity contribution in [1.82, 2.24) is 9.97 Å². The van der Waals surface area contributed by atoms with Gasteiger partial charge in [-0.3, -0.25) is 4.98 Å². The molecular formula is C16H15ClN2O2S. The van der Waals surface area contributed by atoms with Gasteiger partial charge in [-0.25, -0.2) is 4.98 Å². The summed E-state index contributed by atoms with van der Waals surface area (Å²) >= 11 is 7.47. The van der Waals surface area contributed by atoms with Crippen molar-refractivity contribution >= 4 is 34.0 Å². The maximum atomic E-state index is 5.98. The average Bonchev–Trinajstić information content (AvgIpc) is 2.94. The SMILES string of the molecule is CCOc1cc2ncc(-c3ccc(Cl)s3)nc2cc1OCC.